The summed E-state index contributed by atoms with van der Waals surface area (Å²) in [5, 5.41) is 8.40. The van der Waals surface area contributed by atoms with E-state index in [1.54, 1.807) is 6.07 Å². The second-order valence-electron chi connectivity index (χ2n) is 3.41. The quantitative estimate of drug-likeness (QED) is 0.824. The first-order valence-corrected chi connectivity index (χ1v) is 4.94. The van der Waals surface area contributed by atoms with E-state index in [1.165, 1.54) is 0 Å². The summed E-state index contributed by atoms with van der Waals surface area (Å²) in [4.78, 5) is 10.2. The minimum absolute atomic E-state index is 0.209. The number of fused-ring (bicyclic) bond motifs is 1. The lowest BCUT2D eigenvalue weighted by Crippen LogP contribution is -2.34. The number of carboxylic acids is 1. The van der Waals surface area contributed by atoms with E-state index in [1.807, 2.05) is 18.2 Å². The fourth-order valence-corrected chi connectivity index (χ4v) is 1.42. The van der Waals surface area contributed by atoms with Gasteiger partial charge in [-0.3, -0.25) is 0 Å². The van der Waals surface area contributed by atoms with Gasteiger partial charge in [-0.25, -0.2) is 4.79 Å². The van der Waals surface area contributed by atoms with Crippen molar-refractivity contribution in [1.29, 1.82) is 0 Å². The van der Waals surface area contributed by atoms with Crippen molar-refractivity contribution in [3.8, 4) is 11.5 Å². The third-order valence-corrected chi connectivity index (χ3v) is 2.10. The monoisotopic (exact) mass is 224 g/mol. The Bertz CT molecular complexity index is 376. The van der Waals surface area contributed by atoms with Crippen molar-refractivity contribution in [3.05, 3.63) is 24.3 Å². The molecule has 2 rings (SSSR count). The number of para-hydroxylation sites is 2. The molecule has 0 saturated heterocycles. The van der Waals surface area contributed by atoms with Gasteiger partial charge in [0.05, 0.1) is 6.61 Å². The van der Waals surface area contributed by atoms with E-state index in [9.17, 15) is 4.79 Å². The van der Waals surface area contributed by atoms with Crippen molar-refractivity contribution >= 4 is 5.97 Å². The molecule has 0 aromatic heterocycles. The lowest BCUT2D eigenvalue weighted by Gasteiger charge is -2.25. The van der Waals surface area contributed by atoms with Gasteiger partial charge in [0.1, 0.15) is 13.2 Å². The average molecular weight is 224 g/mol. The van der Waals surface area contributed by atoms with Crippen molar-refractivity contribution < 1.29 is 24.1 Å². The summed E-state index contributed by atoms with van der Waals surface area (Å²) in [6, 6.07) is 7.34. The Hall–Kier alpha value is -1.75. The lowest BCUT2D eigenvalue weighted by atomic mass is 10.3. The standard InChI is InChI=1S/C11H12O5/c12-11(13)7-14-5-8-6-15-9-3-1-2-4-10(9)16-8/h1-4,8H,5-7H2,(H,12,13). The van der Waals surface area contributed by atoms with Gasteiger partial charge >= 0.3 is 5.97 Å². The first-order chi connectivity index (χ1) is 7.75. The second kappa shape index (κ2) is 4.85. The molecule has 1 N–H and O–H groups in total. The third-order valence-electron chi connectivity index (χ3n) is 2.10. The van der Waals surface area contributed by atoms with Gasteiger partial charge in [-0.1, -0.05) is 12.1 Å². The SMILES string of the molecule is O=C(O)COCC1COc2ccccc2O1. The van der Waals surface area contributed by atoms with E-state index in [2.05, 4.69) is 0 Å². The zero-order chi connectivity index (χ0) is 11.4. The molecule has 1 aromatic carbocycles. The highest BCUT2D eigenvalue weighted by molar-refractivity contribution is 5.67. The molecule has 86 valence electrons. The van der Waals surface area contributed by atoms with Gasteiger partial charge in [0.15, 0.2) is 17.6 Å². The Labute approximate surface area is 92.5 Å². The number of rotatable bonds is 4. The Morgan fingerprint density at radius 1 is 1.44 bits per heavy atom. The van der Waals surface area contributed by atoms with E-state index >= 15 is 0 Å². The maximum Gasteiger partial charge on any atom is 0.329 e. The molecular weight excluding hydrogens is 212 g/mol. The van der Waals surface area contributed by atoms with Crippen LogP contribution >= 0.6 is 0 Å². The van der Waals surface area contributed by atoms with Crippen molar-refractivity contribution in [2.45, 2.75) is 6.10 Å². The summed E-state index contributed by atoms with van der Waals surface area (Å²) < 4.78 is 16.0. The largest absolute Gasteiger partial charge is 0.486 e. The van der Waals surface area contributed by atoms with Crippen LogP contribution < -0.4 is 9.47 Å². The first kappa shape index (κ1) is 10.8. The van der Waals surface area contributed by atoms with Crippen molar-refractivity contribution in [3.63, 3.8) is 0 Å². The average Bonchev–Trinajstić information content (AvgIpc) is 2.28. The van der Waals surface area contributed by atoms with Crippen LogP contribution in [0.25, 0.3) is 0 Å². The van der Waals surface area contributed by atoms with Crippen LogP contribution in [0.4, 0.5) is 0 Å². The summed E-state index contributed by atoms with van der Waals surface area (Å²) in [7, 11) is 0. The smallest absolute Gasteiger partial charge is 0.329 e. The van der Waals surface area contributed by atoms with Gasteiger partial charge in [-0.15, -0.1) is 0 Å². The Kier molecular flexibility index (Phi) is 3.26. The van der Waals surface area contributed by atoms with Gasteiger partial charge in [-0.2, -0.15) is 0 Å². The highest BCUT2D eigenvalue weighted by Crippen LogP contribution is 2.30. The molecular formula is C11H12O5. The van der Waals surface area contributed by atoms with Crippen LogP contribution in [0.3, 0.4) is 0 Å². The number of aliphatic carboxylic acids is 1. The molecule has 5 heteroatoms. The molecule has 0 bridgehead atoms. The highest BCUT2D eigenvalue weighted by atomic mass is 16.6. The van der Waals surface area contributed by atoms with Crippen LogP contribution in [0, 0.1) is 0 Å². The summed E-state index contributed by atoms with van der Waals surface area (Å²) >= 11 is 0. The number of carbonyl (C=O) groups is 1. The van der Waals surface area contributed by atoms with Gasteiger partial charge < -0.3 is 19.3 Å². The van der Waals surface area contributed by atoms with E-state index in [4.69, 9.17) is 19.3 Å². The van der Waals surface area contributed by atoms with E-state index < -0.39 is 5.97 Å². The number of hydrogen-bond acceptors (Lipinski definition) is 4. The molecule has 0 saturated carbocycles. The maximum absolute atomic E-state index is 10.2. The minimum Gasteiger partial charge on any atom is -0.486 e. The van der Waals surface area contributed by atoms with Crippen molar-refractivity contribution in [2.75, 3.05) is 19.8 Å². The number of benzene rings is 1. The molecule has 1 aliphatic heterocycles. The molecule has 16 heavy (non-hydrogen) atoms. The highest BCUT2D eigenvalue weighted by Gasteiger charge is 2.20. The van der Waals surface area contributed by atoms with Crippen LogP contribution in [0.5, 0.6) is 11.5 Å². The van der Waals surface area contributed by atoms with E-state index in [-0.39, 0.29) is 19.3 Å². The number of hydrogen-bond donors (Lipinski definition) is 1. The fraction of sp³-hybridized carbons (Fsp3) is 0.364. The Morgan fingerprint density at radius 2 is 2.19 bits per heavy atom. The summed E-state index contributed by atoms with van der Waals surface area (Å²) in [6.07, 6.45) is -0.255. The summed E-state index contributed by atoms with van der Waals surface area (Å²) in [5.74, 6) is 0.381. The molecule has 0 fully saturated rings. The van der Waals surface area contributed by atoms with Crippen molar-refractivity contribution in [1.82, 2.24) is 0 Å². The Balaban J connectivity index is 1.86. The van der Waals surface area contributed by atoms with Crippen molar-refractivity contribution in [2.24, 2.45) is 0 Å². The zero-order valence-electron chi connectivity index (χ0n) is 8.59. The summed E-state index contributed by atoms with van der Waals surface area (Å²) in [5.41, 5.74) is 0. The molecule has 0 spiro atoms. The number of carboxylic acid groups (broad SMARTS) is 1. The third kappa shape index (κ3) is 2.64. The molecule has 1 atom stereocenters. The predicted octanol–water partition coefficient (Wildman–Crippen LogP) is 0.928. The number of ether oxygens (including phenoxy) is 3. The Morgan fingerprint density at radius 3 is 2.94 bits per heavy atom. The van der Waals surface area contributed by atoms with Crippen LogP contribution in [0.2, 0.25) is 0 Å². The van der Waals surface area contributed by atoms with Crippen LogP contribution in [-0.2, 0) is 9.53 Å². The predicted molar refractivity (Wildman–Crippen MR) is 54.8 cm³/mol. The fourth-order valence-electron chi connectivity index (χ4n) is 1.42. The van der Waals surface area contributed by atoms with Crippen LogP contribution in [0.1, 0.15) is 0 Å². The van der Waals surface area contributed by atoms with E-state index in [0.717, 1.165) is 0 Å². The summed E-state index contributed by atoms with van der Waals surface area (Å²) in [6.45, 7) is 0.263. The molecule has 1 heterocycles. The maximum atomic E-state index is 10.2. The van der Waals surface area contributed by atoms with Gasteiger partial charge in [0.2, 0.25) is 0 Å². The topological polar surface area (TPSA) is 65.0 Å². The van der Waals surface area contributed by atoms with Gasteiger partial charge in [0.25, 0.3) is 0 Å². The lowest BCUT2D eigenvalue weighted by molar-refractivity contribution is -0.143. The molecule has 1 aromatic rings. The molecule has 0 amide bonds. The second-order valence-corrected chi connectivity index (χ2v) is 3.41. The normalized spacial score (nSPS) is 18.1. The van der Waals surface area contributed by atoms with Gasteiger partial charge in [0, 0.05) is 0 Å². The molecule has 1 unspecified atom stereocenters. The first-order valence-electron chi connectivity index (χ1n) is 4.94. The van der Waals surface area contributed by atoms with Crippen LogP contribution in [-0.4, -0.2) is 37.0 Å². The van der Waals surface area contributed by atoms with E-state index in [0.29, 0.717) is 18.1 Å². The minimum atomic E-state index is -0.989. The zero-order valence-corrected chi connectivity index (χ0v) is 8.59. The van der Waals surface area contributed by atoms with Crippen LogP contribution in [0.15, 0.2) is 24.3 Å². The molecule has 0 radical (unpaired) electrons. The molecule has 1 aliphatic rings. The van der Waals surface area contributed by atoms with Gasteiger partial charge in [-0.05, 0) is 12.1 Å². The molecule has 5 nitrogen and oxygen atoms in total. The molecule has 0 aliphatic carbocycles.